The molecule has 2 aromatic rings. The third-order valence-electron chi connectivity index (χ3n) is 4.46. The van der Waals surface area contributed by atoms with Gasteiger partial charge in [-0.2, -0.15) is 5.10 Å². The fourth-order valence-corrected chi connectivity index (χ4v) is 3.16. The maximum atomic E-state index is 12.7. The van der Waals surface area contributed by atoms with Gasteiger partial charge in [-0.15, -0.1) is 0 Å². The molecule has 0 radical (unpaired) electrons. The predicted octanol–water partition coefficient (Wildman–Crippen LogP) is 2.71. The predicted molar refractivity (Wildman–Crippen MR) is 87.1 cm³/mol. The van der Waals surface area contributed by atoms with E-state index in [1.165, 1.54) is 0 Å². The Kier molecular flexibility index (Phi) is 4.55. The minimum Gasteiger partial charge on any atom is -0.337 e. The number of likely N-dealkylation sites (tertiary alicyclic amines) is 1. The number of hydrogen-bond acceptors (Lipinski definition) is 3. The second-order valence-corrected chi connectivity index (χ2v) is 5.98. The first kappa shape index (κ1) is 15.5. The average molecular weight is 311 g/mol. The number of rotatable bonds is 5. The van der Waals surface area contributed by atoms with Crippen LogP contribution in [0.25, 0.3) is 0 Å². The number of aromatic nitrogens is 2. The van der Waals surface area contributed by atoms with E-state index >= 15 is 0 Å². The SMILES string of the molecule is CC(C(=O)N1CCCC1CC(=O)c1ccccc1)n1cccn1. The summed E-state index contributed by atoms with van der Waals surface area (Å²) in [5.74, 6) is 0.138. The molecule has 1 aromatic heterocycles. The fourth-order valence-electron chi connectivity index (χ4n) is 3.16. The smallest absolute Gasteiger partial charge is 0.247 e. The number of amides is 1. The lowest BCUT2D eigenvalue weighted by Gasteiger charge is -2.27. The molecule has 2 atom stereocenters. The minimum absolute atomic E-state index is 0.00628. The summed E-state index contributed by atoms with van der Waals surface area (Å²) in [7, 11) is 0. The molecule has 0 aliphatic carbocycles. The lowest BCUT2D eigenvalue weighted by Crippen LogP contribution is -2.40. The molecule has 120 valence electrons. The van der Waals surface area contributed by atoms with Crippen LogP contribution in [-0.4, -0.2) is 39.0 Å². The molecule has 1 aliphatic heterocycles. The van der Waals surface area contributed by atoms with Crippen LogP contribution in [-0.2, 0) is 4.79 Å². The summed E-state index contributed by atoms with van der Waals surface area (Å²) < 4.78 is 1.66. The Balaban J connectivity index is 1.68. The van der Waals surface area contributed by atoms with Crippen LogP contribution in [0.15, 0.2) is 48.8 Å². The van der Waals surface area contributed by atoms with E-state index in [1.807, 2.05) is 48.2 Å². The highest BCUT2D eigenvalue weighted by molar-refractivity contribution is 5.96. The summed E-state index contributed by atoms with van der Waals surface area (Å²) >= 11 is 0. The number of ketones is 1. The standard InChI is InChI=1S/C18H21N3O2/c1-14(21-12-6-10-19-21)18(23)20-11-5-9-16(20)13-17(22)15-7-3-2-4-8-15/h2-4,6-8,10,12,14,16H,5,9,11,13H2,1H3. The van der Waals surface area contributed by atoms with Crippen molar-refractivity contribution in [3.63, 3.8) is 0 Å². The Morgan fingerprint density at radius 1 is 1.26 bits per heavy atom. The molecular formula is C18H21N3O2. The molecule has 0 bridgehead atoms. The summed E-state index contributed by atoms with van der Waals surface area (Å²) in [6.07, 6.45) is 5.69. The van der Waals surface area contributed by atoms with Gasteiger partial charge in [-0.25, -0.2) is 0 Å². The number of carbonyl (C=O) groups excluding carboxylic acids is 2. The maximum absolute atomic E-state index is 12.7. The zero-order valence-corrected chi connectivity index (χ0v) is 13.3. The normalized spacial score (nSPS) is 18.8. The lowest BCUT2D eigenvalue weighted by molar-refractivity contribution is -0.135. The van der Waals surface area contributed by atoms with E-state index in [4.69, 9.17) is 0 Å². The van der Waals surface area contributed by atoms with Crippen LogP contribution in [0.1, 0.15) is 42.6 Å². The minimum atomic E-state index is -0.336. The third-order valence-corrected chi connectivity index (χ3v) is 4.46. The fraction of sp³-hybridized carbons (Fsp3) is 0.389. The van der Waals surface area contributed by atoms with Gasteiger partial charge in [0.1, 0.15) is 6.04 Å². The molecule has 23 heavy (non-hydrogen) atoms. The van der Waals surface area contributed by atoms with Gasteiger partial charge in [-0.1, -0.05) is 30.3 Å². The molecule has 1 saturated heterocycles. The molecule has 1 aromatic carbocycles. The van der Waals surface area contributed by atoms with Gasteiger partial charge >= 0.3 is 0 Å². The van der Waals surface area contributed by atoms with Crippen LogP contribution in [0.4, 0.5) is 0 Å². The van der Waals surface area contributed by atoms with E-state index in [0.29, 0.717) is 12.0 Å². The first-order chi connectivity index (χ1) is 11.2. The molecule has 3 rings (SSSR count). The van der Waals surface area contributed by atoms with Crippen LogP contribution in [0.3, 0.4) is 0 Å². The van der Waals surface area contributed by atoms with Gasteiger partial charge in [0.05, 0.1) is 0 Å². The van der Waals surface area contributed by atoms with Crippen molar-refractivity contribution < 1.29 is 9.59 Å². The van der Waals surface area contributed by atoms with Crippen molar-refractivity contribution in [2.75, 3.05) is 6.54 Å². The molecule has 1 fully saturated rings. The highest BCUT2D eigenvalue weighted by Crippen LogP contribution is 2.25. The van der Waals surface area contributed by atoms with Gasteiger partial charge in [0.25, 0.3) is 0 Å². The topological polar surface area (TPSA) is 55.2 Å². The molecule has 0 spiro atoms. The van der Waals surface area contributed by atoms with E-state index < -0.39 is 0 Å². The summed E-state index contributed by atoms with van der Waals surface area (Å²) in [4.78, 5) is 27.0. The largest absolute Gasteiger partial charge is 0.337 e. The van der Waals surface area contributed by atoms with Crippen LogP contribution in [0.2, 0.25) is 0 Å². The van der Waals surface area contributed by atoms with Crippen molar-refractivity contribution in [1.29, 1.82) is 0 Å². The zero-order valence-electron chi connectivity index (χ0n) is 13.3. The number of benzene rings is 1. The molecule has 0 saturated carbocycles. The van der Waals surface area contributed by atoms with Crippen LogP contribution >= 0.6 is 0 Å². The summed E-state index contributed by atoms with van der Waals surface area (Å²) in [5.41, 5.74) is 0.715. The van der Waals surface area contributed by atoms with Crippen molar-refractivity contribution in [3.05, 3.63) is 54.4 Å². The Hall–Kier alpha value is -2.43. The molecule has 1 aliphatic rings. The van der Waals surface area contributed by atoms with Gasteiger partial charge < -0.3 is 4.90 Å². The summed E-state index contributed by atoms with van der Waals surface area (Å²) in [5, 5.41) is 4.14. The molecule has 2 heterocycles. The van der Waals surface area contributed by atoms with Gasteiger partial charge in [-0.3, -0.25) is 14.3 Å². The first-order valence-corrected chi connectivity index (χ1v) is 8.04. The van der Waals surface area contributed by atoms with Gasteiger partial charge in [0, 0.05) is 37.0 Å². The van der Waals surface area contributed by atoms with Gasteiger partial charge in [-0.05, 0) is 25.8 Å². The molecule has 5 heteroatoms. The van der Waals surface area contributed by atoms with Crippen LogP contribution in [0.5, 0.6) is 0 Å². The van der Waals surface area contributed by atoms with E-state index in [9.17, 15) is 9.59 Å². The van der Waals surface area contributed by atoms with Gasteiger partial charge in [0.15, 0.2) is 5.78 Å². The van der Waals surface area contributed by atoms with Crippen molar-refractivity contribution in [3.8, 4) is 0 Å². The monoisotopic (exact) mass is 311 g/mol. The lowest BCUT2D eigenvalue weighted by atomic mass is 10.0. The molecule has 1 amide bonds. The Labute approximate surface area is 135 Å². The quantitative estimate of drug-likeness (QED) is 0.798. The maximum Gasteiger partial charge on any atom is 0.247 e. The van der Waals surface area contributed by atoms with E-state index in [0.717, 1.165) is 19.4 Å². The molecular weight excluding hydrogens is 290 g/mol. The highest BCUT2D eigenvalue weighted by atomic mass is 16.2. The molecule has 5 nitrogen and oxygen atoms in total. The van der Waals surface area contributed by atoms with E-state index in [-0.39, 0.29) is 23.8 Å². The second-order valence-electron chi connectivity index (χ2n) is 5.98. The summed E-state index contributed by atoms with van der Waals surface area (Å²) in [6, 6.07) is 10.8. The van der Waals surface area contributed by atoms with Crippen molar-refractivity contribution >= 4 is 11.7 Å². The number of Topliss-reactive ketones (excluding diaryl/α,β-unsaturated/α-hetero) is 1. The Bertz CT molecular complexity index is 667. The van der Waals surface area contributed by atoms with Crippen LogP contribution < -0.4 is 0 Å². The number of hydrogen-bond donors (Lipinski definition) is 0. The molecule has 0 N–H and O–H groups in total. The second kappa shape index (κ2) is 6.77. The van der Waals surface area contributed by atoms with Gasteiger partial charge in [0.2, 0.25) is 5.91 Å². The highest BCUT2D eigenvalue weighted by Gasteiger charge is 2.33. The number of carbonyl (C=O) groups is 2. The van der Waals surface area contributed by atoms with Crippen molar-refractivity contribution in [2.24, 2.45) is 0 Å². The van der Waals surface area contributed by atoms with E-state index in [1.54, 1.807) is 17.1 Å². The van der Waals surface area contributed by atoms with E-state index in [2.05, 4.69) is 5.10 Å². The zero-order chi connectivity index (χ0) is 16.2. The third kappa shape index (κ3) is 3.33. The van der Waals surface area contributed by atoms with Crippen LogP contribution in [0, 0.1) is 0 Å². The number of nitrogens with zero attached hydrogens (tertiary/aromatic N) is 3. The molecule has 2 unspecified atom stereocenters. The van der Waals surface area contributed by atoms with Crippen molar-refractivity contribution in [1.82, 2.24) is 14.7 Å². The Morgan fingerprint density at radius 3 is 2.74 bits per heavy atom. The average Bonchev–Trinajstić information content (AvgIpc) is 3.26. The van der Waals surface area contributed by atoms with Crippen molar-refractivity contribution in [2.45, 2.75) is 38.3 Å². The summed E-state index contributed by atoms with van der Waals surface area (Å²) in [6.45, 7) is 2.57. The first-order valence-electron chi connectivity index (χ1n) is 8.04. The Morgan fingerprint density at radius 2 is 2.04 bits per heavy atom.